The number of para-hydroxylation sites is 9. The Kier molecular flexibility index (Phi) is 18.1. The van der Waals surface area contributed by atoms with Gasteiger partial charge in [-0.25, -0.2) is 0 Å². The third-order valence-electron chi connectivity index (χ3n) is 27.4. The molecule has 0 radical (unpaired) electrons. The first-order valence-corrected chi connectivity index (χ1v) is 46.2. The van der Waals surface area contributed by atoms with E-state index in [1.807, 2.05) is 36.4 Å². The van der Waals surface area contributed by atoms with Crippen molar-refractivity contribution in [3.8, 4) is 50.4 Å². The number of aromatic nitrogens is 3. The standard InChI is InChI=1S/C126H81N7O3/c1-10-28-115-103(19-1)104-20-2-11-29-116(104)131(115)100-70-64-97(65-71-100)127(88-46-37-82(38-47-88)85-43-76-112-109-25-7-16-34-121(109)134-124(112)79-85)91-52-58-94(59-53-91)130(95-60-54-92(55-61-95)128(89-48-39-83(40-49-89)86-44-77-113-110-26-8-17-35-122(110)135-125(113)80-86)98-66-72-101(73-67-98)132-117-30-12-3-21-105(117)106-22-4-13-31-118(106)132)96-62-56-93(57-63-96)129(90-50-41-84(42-51-90)87-45-78-114-111-27-9-18-36-123(111)136-126(114)81-87)99-68-74-102(75-69-99)133-119-32-14-5-23-107(119)108-24-6-15-33-120(108)133/h1-81H. The Morgan fingerprint density at radius 2 is 0.279 bits per heavy atom. The van der Waals surface area contributed by atoms with Crippen molar-refractivity contribution in [3.63, 3.8) is 0 Å². The van der Waals surface area contributed by atoms with Crippen LogP contribution in [0.5, 0.6) is 0 Å². The molecule has 21 aromatic carbocycles. The molecule has 10 nitrogen and oxygen atoms in total. The topological polar surface area (TPSA) is 67.2 Å². The second-order valence-corrected chi connectivity index (χ2v) is 35.1. The van der Waals surface area contributed by atoms with Crippen LogP contribution in [0.2, 0.25) is 0 Å². The van der Waals surface area contributed by atoms with Crippen molar-refractivity contribution in [1.29, 1.82) is 0 Å². The van der Waals surface area contributed by atoms with E-state index in [1.54, 1.807) is 0 Å². The van der Waals surface area contributed by atoms with Crippen LogP contribution in [0.15, 0.2) is 505 Å². The zero-order valence-electron chi connectivity index (χ0n) is 73.6. The van der Waals surface area contributed by atoms with Gasteiger partial charge in [-0.15, -0.1) is 0 Å². The fourth-order valence-corrected chi connectivity index (χ4v) is 21.0. The minimum absolute atomic E-state index is 0.862. The summed E-state index contributed by atoms with van der Waals surface area (Å²) in [6.07, 6.45) is 0. The number of benzene rings is 21. The quantitative estimate of drug-likeness (QED) is 0.0848. The summed E-state index contributed by atoms with van der Waals surface area (Å²) in [5.74, 6) is 0. The minimum atomic E-state index is 0.862. The number of anilines is 12. The first-order valence-electron chi connectivity index (χ1n) is 46.2. The van der Waals surface area contributed by atoms with Gasteiger partial charge in [0.2, 0.25) is 0 Å². The average Bonchev–Trinajstić information content (AvgIpc) is 1.47. The fourth-order valence-electron chi connectivity index (χ4n) is 21.0. The molecule has 638 valence electrons. The van der Waals surface area contributed by atoms with Gasteiger partial charge in [0, 0.05) is 150 Å². The highest BCUT2D eigenvalue weighted by Crippen LogP contribution is 2.48. The van der Waals surface area contributed by atoms with Crippen molar-refractivity contribution >= 4 is 199 Å². The van der Waals surface area contributed by atoms with Gasteiger partial charge >= 0.3 is 0 Å². The highest BCUT2D eigenvalue weighted by Gasteiger charge is 2.25. The first kappa shape index (κ1) is 77.6. The zero-order chi connectivity index (χ0) is 89.4. The van der Waals surface area contributed by atoms with Crippen LogP contribution < -0.4 is 19.6 Å². The van der Waals surface area contributed by atoms with Crippen LogP contribution in [0.4, 0.5) is 68.2 Å². The van der Waals surface area contributed by atoms with E-state index in [9.17, 15) is 0 Å². The van der Waals surface area contributed by atoms with Crippen LogP contribution in [0.1, 0.15) is 0 Å². The Labute approximate surface area is 782 Å². The molecule has 0 amide bonds. The lowest BCUT2D eigenvalue weighted by molar-refractivity contribution is 0.668. The molecule has 10 heteroatoms. The predicted molar refractivity (Wildman–Crippen MR) is 566 cm³/mol. The molecule has 0 atom stereocenters. The van der Waals surface area contributed by atoms with E-state index in [0.717, 1.165) is 218 Å². The summed E-state index contributed by atoms with van der Waals surface area (Å²) in [6.45, 7) is 0. The van der Waals surface area contributed by atoms with Gasteiger partial charge < -0.3 is 46.6 Å². The maximum Gasteiger partial charge on any atom is 0.136 e. The summed E-state index contributed by atoms with van der Waals surface area (Å²) >= 11 is 0. The average molecular weight is 1740 g/mol. The van der Waals surface area contributed by atoms with Crippen molar-refractivity contribution in [1.82, 2.24) is 13.7 Å². The lowest BCUT2D eigenvalue weighted by Gasteiger charge is -2.30. The molecular formula is C126H81N7O3. The molecule has 0 bridgehead atoms. The minimum Gasteiger partial charge on any atom is -0.456 e. The largest absolute Gasteiger partial charge is 0.456 e. The molecule has 27 rings (SSSR count). The van der Waals surface area contributed by atoms with E-state index in [-0.39, 0.29) is 0 Å². The molecular weight excluding hydrogens is 1660 g/mol. The van der Waals surface area contributed by atoms with Gasteiger partial charge in [-0.1, -0.05) is 218 Å². The van der Waals surface area contributed by atoms with E-state index >= 15 is 0 Å². The number of hydrogen-bond donors (Lipinski definition) is 0. The smallest absolute Gasteiger partial charge is 0.136 e. The summed E-state index contributed by atoms with van der Waals surface area (Å²) in [5.41, 5.74) is 33.8. The van der Waals surface area contributed by atoms with Gasteiger partial charge in [0.15, 0.2) is 0 Å². The molecule has 27 aromatic rings. The number of nitrogens with zero attached hydrogens (tertiary/aromatic N) is 7. The van der Waals surface area contributed by atoms with Crippen molar-refractivity contribution in [2.75, 3.05) is 19.6 Å². The Morgan fingerprint density at radius 3 is 0.485 bits per heavy atom. The third-order valence-corrected chi connectivity index (χ3v) is 27.4. The molecule has 0 N–H and O–H groups in total. The van der Waals surface area contributed by atoms with Gasteiger partial charge in [-0.05, 0) is 306 Å². The molecule has 0 aliphatic rings. The van der Waals surface area contributed by atoms with Crippen molar-refractivity contribution in [2.24, 2.45) is 0 Å². The summed E-state index contributed by atoms with van der Waals surface area (Å²) in [7, 11) is 0. The number of furan rings is 3. The summed E-state index contributed by atoms with van der Waals surface area (Å²) < 4.78 is 26.5. The third kappa shape index (κ3) is 13.0. The molecule has 6 aromatic heterocycles. The Morgan fingerprint density at radius 1 is 0.125 bits per heavy atom. The van der Waals surface area contributed by atoms with E-state index in [1.165, 1.54) is 32.3 Å². The summed E-state index contributed by atoms with van der Waals surface area (Å²) in [4.78, 5) is 9.48. The molecule has 6 heterocycles. The second kappa shape index (κ2) is 31.7. The number of fused-ring (bicyclic) bond motifs is 18. The van der Waals surface area contributed by atoms with Crippen molar-refractivity contribution in [2.45, 2.75) is 0 Å². The maximum atomic E-state index is 6.45. The highest BCUT2D eigenvalue weighted by atomic mass is 16.3. The SMILES string of the molecule is c1ccc2c(c1)oc1cc(-c3ccc(N(c4ccc(N(c5ccc(N(c6ccc(-c7ccc8c(c7)oc7ccccc78)cc6)c6ccc(-n7c8ccccc8c8ccccc87)cc6)cc5)c5ccc(N(c6ccc(-c7ccc8c(c7)oc7ccccc78)cc6)c6ccc(-n7c8ccccc8c8ccccc87)cc6)cc5)cc4)c4ccc(-n5c6ccccc6c6ccccc65)cc4)cc3)ccc12. The van der Waals surface area contributed by atoms with Gasteiger partial charge in [-0.3, -0.25) is 0 Å². The highest BCUT2D eigenvalue weighted by molar-refractivity contribution is 6.14. The molecule has 0 saturated heterocycles. The van der Waals surface area contributed by atoms with Crippen LogP contribution in [0.25, 0.3) is 182 Å². The fraction of sp³-hybridized carbons (Fsp3) is 0. The van der Waals surface area contributed by atoms with E-state index in [2.05, 4.69) is 488 Å². The van der Waals surface area contributed by atoms with Crippen molar-refractivity contribution in [3.05, 3.63) is 491 Å². The first-order chi connectivity index (χ1) is 67.4. The van der Waals surface area contributed by atoms with Crippen molar-refractivity contribution < 1.29 is 13.3 Å². The number of rotatable bonds is 18. The van der Waals surface area contributed by atoms with E-state index in [4.69, 9.17) is 13.3 Å². The summed E-state index contributed by atoms with van der Waals surface area (Å²) in [5, 5.41) is 14.0. The predicted octanol–water partition coefficient (Wildman–Crippen LogP) is 35.6. The van der Waals surface area contributed by atoms with Gasteiger partial charge in [0.05, 0.1) is 33.1 Å². The zero-order valence-corrected chi connectivity index (χ0v) is 73.6. The molecule has 0 saturated carbocycles. The van der Waals surface area contributed by atoms with Crippen LogP contribution in [0, 0.1) is 0 Å². The van der Waals surface area contributed by atoms with Gasteiger partial charge in [0.25, 0.3) is 0 Å². The Hall–Kier alpha value is -18.4. The lowest BCUT2D eigenvalue weighted by Crippen LogP contribution is -2.14. The van der Waals surface area contributed by atoms with E-state index in [0.29, 0.717) is 0 Å². The Bertz CT molecular complexity index is 8310. The molecule has 136 heavy (non-hydrogen) atoms. The Balaban J connectivity index is 0.595. The monoisotopic (exact) mass is 1740 g/mol. The molecule has 0 aliphatic carbocycles. The maximum absolute atomic E-state index is 6.45. The normalized spacial score (nSPS) is 11.8. The van der Waals surface area contributed by atoms with Crippen LogP contribution in [-0.2, 0) is 0 Å². The van der Waals surface area contributed by atoms with Gasteiger partial charge in [-0.2, -0.15) is 0 Å². The second-order valence-electron chi connectivity index (χ2n) is 35.1. The van der Waals surface area contributed by atoms with Gasteiger partial charge in [0.1, 0.15) is 33.5 Å². The lowest BCUT2D eigenvalue weighted by atomic mass is 10.0. The molecule has 0 aliphatic heterocycles. The van der Waals surface area contributed by atoms with Crippen LogP contribution in [-0.4, -0.2) is 13.7 Å². The number of hydrogen-bond acceptors (Lipinski definition) is 7. The molecule has 0 fully saturated rings. The molecule has 0 unspecified atom stereocenters. The van der Waals surface area contributed by atoms with E-state index < -0.39 is 0 Å². The van der Waals surface area contributed by atoms with Crippen LogP contribution >= 0.6 is 0 Å². The summed E-state index contributed by atoms with van der Waals surface area (Å²) in [6, 6.07) is 178. The molecule has 0 spiro atoms. The van der Waals surface area contributed by atoms with Crippen LogP contribution in [0.3, 0.4) is 0 Å².